The van der Waals surface area contributed by atoms with Gasteiger partial charge in [-0.05, 0) is 81.8 Å². The second-order valence-electron chi connectivity index (χ2n) is 18.0. The predicted octanol–water partition coefficient (Wildman–Crippen LogP) is 4.41. The van der Waals surface area contributed by atoms with E-state index in [2.05, 4.69) is 10.6 Å². The fraction of sp³-hybridized carbons (Fsp3) is 0.700. The molecule has 5 aliphatic rings. The number of ether oxygens (including phenoxy) is 3. The molecule has 2 aliphatic heterocycles. The summed E-state index contributed by atoms with van der Waals surface area (Å²) in [5.41, 5.74) is -1.43. The van der Waals surface area contributed by atoms with Gasteiger partial charge in [-0.3, -0.25) is 19.1 Å². The number of fused-ring (bicyclic) bond motifs is 5. The molecule has 1 aromatic carbocycles. The SMILES string of the molecule is CC[C@@H]1[C@@H]2CN(C(=O)[C@H](C(C)(C)C)NC(=O)O[C@@H]3CC3CCCCCc3nc4ccc(OC)cc4nc3O2)[C@@H]1C(=O)N[C@]1(C(=O)NS(=O)(=O)C2(C)CC2)C[C@H]1C(F)F. The number of amides is 4. The number of hydrogen-bond donors (Lipinski definition) is 3. The van der Waals surface area contributed by atoms with Crippen molar-refractivity contribution in [3.63, 3.8) is 0 Å². The van der Waals surface area contributed by atoms with Gasteiger partial charge in [0, 0.05) is 12.0 Å². The molecule has 1 aromatic heterocycles. The molecule has 7 rings (SSSR count). The second kappa shape index (κ2) is 15.4. The number of nitrogens with one attached hydrogen (secondary N) is 3. The van der Waals surface area contributed by atoms with Gasteiger partial charge in [0.05, 0.1) is 35.4 Å². The summed E-state index contributed by atoms with van der Waals surface area (Å²) in [6.07, 6.45) is -0.0188. The normalized spacial score (nSPS) is 31.1. The number of alkyl carbamates (subject to hydrolysis) is 1. The fourth-order valence-corrected chi connectivity index (χ4v) is 9.72. The van der Waals surface area contributed by atoms with Crippen LogP contribution in [0.25, 0.3) is 11.0 Å². The van der Waals surface area contributed by atoms with Crippen LogP contribution in [0.4, 0.5) is 13.6 Å². The van der Waals surface area contributed by atoms with Gasteiger partial charge in [0.1, 0.15) is 41.3 Å². The molecule has 15 nitrogen and oxygen atoms in total. The van der Waals surface area contributed by atoms with Gasteiger partial charge < -0.3 is 29.7 Å². The minimum Gasteiger partial charge on any atom is -0.497 e. The zero-order valence-corrected chi connectivity index (χ0v) is 34.6. The highest BCUT2D eigenvalue weighted by molar-refractivity contribution is 7.91. The van der Waals surface area contributed by atoms with Crippen LogP contribution in [0.1, 0.15) is 98.1 Å². The fourth-order valence-electron chi connectivity index (χ4n) is 8.41. The molecule has 3 heterocycles. The molecule has 0 spiro atoms. The van der Waals surface area contributed by atoms with Gasteiger partial charge in [0.25, 0.3) is 5.91 Å². The summed E-state index contributed by atoms with van der Waals surface area (Å²) in [5, 5.41) is 5.26. The molecule has 3 saturated carbocycles. The number of sulfonamides is 1. The number of aryl methyl sites for hydroxylation is 1. The Balaban J connectivity index is 1.27. The Labute approximate surface area is 337 Å². The van der Waals surface area contributed by atoms with Crippen molar-refractivity contribution in [1.82, 2.24) is 30.2 Å². The van der Waals surface area contributed by atoms with Crippen LogP contribution in [0.3, 0.4) is 0 Å². The maximum Gasteiger partial charge on any atom is 0.408 e. The van der Waals surface area contributed by atoms with E-state index < -0.39 is 92.4 Å². The number of aromatic nitrogens is 2. The minimum absolute atomic E-state index is 0.176. The van der Waals surface area contributed by atoms with E-state index in [0.29, 0.717) is 48.2 Å². The van der Waals surface area contributed by atoms with Crippen molar-refractivity contribution in [2.24, 2.45) is 23.2 Å². The molecule has 8 atom stereocenters. The lowest BCUT2D eigenvalue weighted by molar-refractivity contribution is -0.144. The van der Waals surface area contributed by atoms with Crippen LogP contribution in [0.5, 0.6) is 11.6 Å². The molecular weight excluding hydrogens is 779 g/mol. The third-order valence-corrected chi connectivity index (χ3v) is 14.8. The summed E-state index contributed by atoms with van der Waals surface area (Å²) < 4.78 is 73.5. The zero-order chi connectivity index (χ0) is 41.9. The Morgan fingerprint density at radius 2 is 1.83 bits per heavy atom. The van der Waals surface area contributed by atoms with E-state index in [-0.39, 0.29) is 30.9 Å². The highest BCUT2D eigenvalue weighted by Crippen LogP contribution is 2.50. The molecule has 1 saturated heterocycles. The Bertz CT molecular complexity index is 2080. The number of benzene rings is 1. The van der Waals surface area contributed by atoms with Crippen molar-refractivity contribution in [2.75, 3.05) is 13.7 Å². The topological polar surface area (TPSA) is 195 Å². The maximum atomic E-state index is 14.8. The third-order valence-electron chi connectivity index (χ3n) is 12.7. The number of halogens is 2. The van der Waals surface area contributed by atoms with E-state index in [1.165, 1.54) is 18.9 Å². The lowest BCUT2D eigenvalue weighted by atomic mass is 9.85. The predicted molar refractivity (Wildman–Crippen MR) is 206 cm³/mol. The largest absolute Gasteiger partial charge is 0.497 e. The summed E-state index contributed by atoms with van der Waals surface area (Å²) >= 11 is 0. The van der Waals surface area contributed by atoms with Gasteiger partial charge in [-0.25, -0.2) is 32.0 Å². The molecule has 1 unspecified atom stereocenters. The quantitative estimate of drug-likeness (QED) is 0.341. The van der Waals surface area contributed by atoms with Crippen molar-refractivity contribution in [2.45, 2.75) is 140 Å². The number of alkyl halides is 2. The number of hydrogen-bond acceptors (Lipinski definition) is 11. The van der Waals surface area contributed by atoms with Crippen LogP contribution in [-0.2, 0) is 35.6 Å². The molecule has 4 amide bonds. The average molecular weight is 833 g/mol. The van der Waals surface area contributed by atoms with Crippen molar-refractivity contribution in [3.8, 4) is 11.6 Å². The number of methoxy groups -OCH3 is 1. The van der Waals surface area contributed by atoms with Crippen LogP contribution in [0.15, 0.2) is 18.2 Å². The Morgan fingerprint density at radius 3 is 2.47 bits per heavy atom. The number of nitrogens with zero attached hydrogens (tertiary/aromatic N) is 3. The first kappa shape index (κ1) is 41.8. The van der Waals surface area contributed by atoms with Gasteiger partial charge in [0.15, 0.2) is 0 Å². The molecule has 3 aliphatic carbocycles. The Kier molecular flexibility index (Phi) is 11.1. The van der Waals surface area contributed by atoms with Crippen LogP contribution >= 0.6 is 0 Å². The first-order valence-corrected chi connectivity index (χ1v) is 21.7. The van der Waals surface area contributed by atoms with E-state index in [1.54, 1.807) is 45.9 Å². The lowest BCUT2D eigenvalue weighted by Gasteiger charge is -2.36. The minimum atomic E-state index is -4.24. The summed E-state index contributed by atoms with van der Waals surface area (Å²) in [5.74, 6) is -4.32. The molecule has 0 radical (unpaired) electrons. The molecule has 4 fully saturated rings. The molecule has 2 bridgehead atoms. The van der Waals surface area contributed by atoms with E-state index in [4.69, 9.17) is 24.2 Å². The molecule has 18 heteroatoms. The monoisotopic (exact) mass is 832 g/mol. The van der Waals surface area contributed by atoms with E-state index in [0.717, 1.165) is 25.7 Å². The van der Waals surface area contributed by atoms with Crippen LogP contribution < -0.4 is 24.8 Å². The van der Waals surface area contributed by atoms with E-state index in [9.17, 15) is 36.4 Å². The molecule has 58 heavy (non-hydrogen) atoms. The third kappa shape index (κ3) is 8.13. The maximum absolute atomic E-state index is 14.8. The average Bonchev–Trinajstić information content (AvgIpc) is 4.11. The summed E-state index contributed by atoms with van der Waals surface area (Å²) in [6.45, 7) is 8.32. The molecular formula is C40H54F2N6O9S. The van der Waals surface area contributed by atoms with Crippen molar-refractivity contribution >= 4 is 44.9 Å². The molecule has 3 N–H and O–H groups in total. The molecule has 2 aromatic rings. The summed E-state index contributed by atoms with van der Waals surface area (Å²) in [6, 6.07) is 2.72. The summed E-state index contributed by atoms with van der Waals surface area (Å²) in [7, 11) is -2.71. The Morgan fingerprint density at radius 1 is 1.09 bits per heavy atom. The van der Waals surface area contributed by atoms with Crippen LogP contribution in [0, 0.1) is 23.2 Å². The number of carbonyl (C=O) groups excluding carboxylic acids is 4. The van der Waals surface area contributed by atoms with E-state index in [1.807, 2.05) is 4.72 Å². The van der Waals surface area contributed by atoms with Gasteiger partial charge in [-0.15, -0.1) is 0 Å². The highest BCUT2D eigenvalue weighted by atomic mass is 32.2. The van der Waals surface area contributed by atoms with Crippen molar-refractivity contribution in [1.29, 1.82) is 0 Å². The lowest BCUT2D eigenvalue weighted by Crippen LogP contribution is -2.61. The van der Waals surface area contributed by atoms with Gasteiger partial charge >= 0.3 is 6.09 Å². The number of carbonyl (C=O) groups is 4. The standard InChI is InChI=1S/C40H54F2N6O9S/c1-7-23-29-20-48(30(23)33(49)46-40(19-24(40)32(41)42)36(51)47-58(53,54)39(5)15-16-39)35(50)31(38(2,3)4)45-37(52)57-28-17-21(28)11-9-8-10-12-26-34(56-29)44-27-18-22(55-6)13-14-25(27)43-26/h13-14,18,21,23-24,28-32H,7-12,15-17,19-20H2,1-6H3,(H,45,52)(H,46,49)(H,47,51)/t21?,23-,24+,28-,29+,30+,31-,40-/m1/s1. The first-order chi connectivity index (χ1) is 27.3. The zero-order valence-electron chi connectivity index (χ0n) is 33.8. The van der Waals surface area contributed by atoms with Crippen LogP contribution in [0.2, 0.25) is 0 Å². The van der Waals surface area contributed by atoms with Crippen LogP contribution in [-0.4, -0.2) is 102 Å². The second-order valence-corrected chi connectivity index (χ2v) is 20.2. The summed E-state index contributed by atoms with van der Waals surface area (Å²) in [4.78, 5) is 67.6. The molecule has 318 valence electrons. The number of rotatable bonds is 8. The Hall–Kier alpha value is -4.35. The van der Waals surface area contributed by atoms with Crippen molar-refractivity contribution in [3.05, 3.63) is 23.9 Å². The van der Waals surface area contributed by atoms with Gasteiger partial charge in [0.2, 0.25) is 34.1 Å². The smallest absolute Gasteiger partial charge is 0.408 e. The van der Waals surface area contributed by atoms with E-state index >= 15 is 0 Å². The van der Waals surface area contributed by atoms with Crippen molar-refractivity contribution < 1.29 is 50.6 Å². The van der Waals surface area contributed by atoms with Gasteiger partial charge in [-0.2, -0.15) is 0 Å². The highest BCUT2D eigenvalue weighted by Gasteiger charge is 2.68. The first-order valence-electron chi connectivity index (χ1n) is 20.3. The van der Waals surface area contributed by atoms with Gasteiger partial charge in [-0.1, -0.05) is 40.5 Å².